The topological polar surface area (TPSA) is 58.6 Å². The van der Waals surface area contributed by atoms with E-state index in [0.717, 1.165) is 16.8 Å². The van der Waals surface area contributed by atoms with Gasteiger partial charge < -0.3 is 10.1 Å². The van der Waals surface area contributed by atoms with Gasteiger partial charge in [-0.1, -0.05) is 29.8 Å². The summed E-state index contributed by atoms with van der Waals surface area (Å²) in [5.74, 6) is -0.692. The minimum absolute atomic E-state index is 0.0272. The second-order valence-corrected chi connectivity index (χ2v) is 7.88. The number of imide groups is 1. The molecule has 29 heavy (non-hydrogen) atoms. The molecule has 6 heteroatoms. The summed E-state index contributed by atoms with van der Waals surface area (Å²) in [5.41, 5.74) is 4.17. The first-order chi connectivity index (χ1) is 13.8. The van der Waals surface area contributed by atoms with Crippen LogP contribution in [0, 0.1) is 13.8 Å². The highest BCUT2D eigenvalue weighted by Crippen LogP contribution is 2.31. The van der Waals surface area contributed by atoms with E-state index < -0.39 is 0 Å². The molecule has 0 unspecified atom stereocenters. The molecule has 0 bridgehead atoms. The SMILES string of the molecule is Cc1cc(C)cc(NC2=C(c3ccc(Cl)cc3)C(=O)N(CCOC(C)C)C2=O)c1. The maximum atomic E-state index is 13.1. The molecule has 5 nitrogen and oxygen atoms in total. The molecule has 0 fully saturated rings. The van der Waals surface area contributed by atoms with Crippen molar-refractivity contribution in [2.24, 2.45) is 0 Å². The number of hydrogen-bond donors (Lipinski definition) is 1. The number of benzene rings is 2. The third-order valence-corrected chi connectivity index (χ3v) is 4.81. The molecule has 1 aliphatic heterocycles. The highest BCUT2D eigenvalue weighted by molar-refractivity contribution is 6.36. The first-order valence-electron chi connectivity index (χ1n) is 9.59. The fraction of sp³-hybridized carbons (Fsp3) is 0.304. The molecule has 1 N–H and O–H groups in total. The van der Waals surface area contributed by atoms with Crippen molar-refractivity contribution >= 4 is 34.7 Å². The zero-order valence-electron chi connectivity index (χ0n) is 17.1. The van der Waals surface area contributed by atoms with Gasteiger partial charge in [0.25, 0.3) is 11.8 Å². The zero-order valence-corrected chi connectivity index (χ0v) is 17.8. The summed E-state index contributed by atoms with van der Waals surface area (Å²) in [6.07, 6.45) is 0.0272. The van der Waals surface area contributed by atoms with Gasteiger partial charge in [0.05, 0.1) is 24.8 Å². The van der Waals surface area contributed by atoms with Crippen LogP contribution in [-0.4, -0.2) is 36.0 Å². The summed E-state index contributed by atoms with van der Waals surface area (Å²) in [7, 11) is 0. The molecule has 2 aromatic carbocycles. The van der Waals surface area contributed by atoms with Crippen LogP contribution in [0.2, 0.25) is 5.02 Å². The zero-order chi connectivity index (χ0) is 21.1. The molecule has 0 radical (unpaired) electrons. The maximum absolute atomic E-state index is 13.1. The maximum Gasteiger partial charge on any atom is 0.278 e. The predicted molar refractivity (Wildman–Crippen MR) is 116 cm³/mol. The number of hydrogen-bond acceptors (Lipinski definition) is 4. The van der Waals surface area contributed by atoms with Crippen molar-refractivity contribution in [3.05, 3.63) is 69.9 Å². The number of anilines is 1. The summed E-state index contributed by atoms with van der Waals surface area (Å²) in [6.45, 7) is 8.30. The number of rotatable bonds is 7. The van der Waals surface area contributed by atoms with Crippen molar-refractivity contribution in [1.29, 1.82) is 0 Å². The molecule has 0 spiro atoms. The summed E-state index contributed by atoms with van der Waals surface area (Å²) in [4.78, 5) is 27.5. The molecular weight excluding hydrogens is 388 g/mol. The van der Waals surface area contributed by atoms with Gasteiger partial charge in [0.1, 0.15) is 5.70 Å². The third-order valence-electron chi connectivity index (χ3n) is 4.56. The lowest BCUT2D eigenvalue weighted by atomic mass is 10.0. The Morgan fingerprint density at radius 2 is 1.62 bits per heavy atom. The van der Waals surface area contributed by atoms with Gasteiger partial charge in [0.2, 0.25) is 0 Å². The lowest BCUT2D eigenvalue weighted by molar-refractivity contribution is -0.137. The molecule has 1 aliphatic rings. The van der Waals surface area contributed by atoms with E-state index in [1.165, 1.54) is 4.90 Å². The fourth-order valence-corrected chi connectivity index (χ4v) is 3.48. The average Bonchev–Trinajstić information content (AvgIpc) is 2.86. The van der Waals surface area contributed by atoms with E-state index in [1.807, 2.05) is 39.8 Å². The number of amides is 2. The molecule has 2 aromatic rings. The van der Waals surface area contributed by atoms with Gasteiger partial charge >= 0.3 is 0 Å². The molecule has 0 aliphatic carbocycles. The highest BCUT2D eigenvalue weighted by atomic mass is 35.5. The second kappa shape index (κ2) is 8.80. The van der Waals surface area contributed by atoms with Crippen LogP contribution in [0.5, 0.6) is 0 Å². The minimum atomic E-state index is -0.355. The number of ether oxygens (including phenoxy) is 1. The van der Waals surface area contributed by atoms with E-state index in [2.05, 4.69) is 11.4 Å². The van der Waals surface area contributed by atoms with E-state index in [9.17, 15) is 9.59 Å². The summed E-state index contributed by atoms with van der Waals surface area (Å²) >= 11 is 6.00. The van der Waals surface area contributed by atoms with Crippen LogP contribution in [0.3, 0.4) is 0 Å². The van der Waals surface area contributed by atoms with Gasteiger partial charge in [-0.2, -0.15) is 0 Å². The number of carbonyl (C=O) groups is 2. The van der Waals surface area contributed by atoms with Crippen molar-refractivity contribution in [3.8, 4) is 0 Å². The van der Waals surface area contributed by atoms with Crippen molar-refractivity contribution in [1.82, 2.24) is 4.90 Å². The number of nitrogens with one attached hydrogen (secondary N) is 1. The molecule has 3 rings (SSSR count). The van der Waals surface area contributed by atoms with Gasteiger partial charge in [0, 0.05) is 10.7 Å². The second-order valence-electron chi connectivity index (χ2n) is 7.44. The van der Waals surface area contributed by atoms with E-state index >= 15 is 0 Å². The van der Waals surface area contributed by atoms with E-state index in [4.69, 9.17) is 16.3 Å². The number of nitrogens with zero attached hydrogens (tertiary/aromatic N) is 1. The molecule has 0 atom stereocenters. The Morgan fingerprint density at radius 3 is 2.21 bits per heavy atom. The fourth-order valence-electron chi connectivity index (χ4n) is 3.35. The van der Waals surface area contributed by atoms with Crippen LogP contribution in [0.1, 0.15) is 30.5 Å². The molecule has 1 heterocycles. The van der Waals surface area contributed by atoms with Crippen LogP contribution in [0.25, 0.3) is 5.57 Å². The highest BCUT2D eigenvalue weighted by Gasteiger charge is 2.39. The Balaban J connectivity index is 1.98. The monoisotopic (exact) mass is 412 g/mol. The molecule has 0 saturated heterocycles. The van der Waals surface area contributed by atoms with Gasteiger partial charge in [-0.3, -0.25) is 14.5 Å². The number of aryl methyl sites for hydroxylation is 2. The number of halogens is 1. The Morgan fingerprint density at radius 1 is 1.00 bits per heavy atom. The average molecular weight is 413 g/mol. The molecule has 0 saturated carbocycles. The van der Waals surface area contributed by atoms with Gasteiger partial charge in [0.15, 0.2) is 0 Å². The van der Waals surface area contributed by atoms with Crippen LogP contribution >= 0.6 is 11.6 Å². The number of carbonyl (C=O) groups excluding carboxylic acids is 2. The van der Waals surface area contributed by atoms with Crippen molar-refractivity contribution in [2.45, 2.75) is 33.8 Å². The summed E-state index contributed by atoms with van der Waals surface area (Å²) < 4.78 is 5.54. The van der Waals surface area contributed by atoms with Crippen LogP contribution < -0.4 is 5.32 Å². The largest absolute Gasteiger partial charge is 0.377 e. The molecule has 0 aromatic heterocycles. The van der Waals surface area contributed by atoms with Gasteiger partial charge in [-0.25, -0.2) is 0 Å². The van der Waals surface area contributed by atoms with E-state index in [1.54, 1.807) is 24.3 Å². The molecular formula is C23H25ClN2O3. The normalized spacial score (nSPS) is 14.3. The quantitative estimate of drug-likeness (QED) is 0.676. The Labute approximate surface area is 176 Å². The van der Waals surface area contributed by atoms with Crippen molar-refractivity contribution < 1.29 is 14.3 Å². The van der Waals surface area contributed by atoms with E-state index in [0.29, 0.717) is 22.8 Å². The van der Waals surface area contributed by atoms with Crippen LogP contribution in [0.15, 0.2) is 48.2 Å². The lowest BCUT2D eigenvalue weighted by Gasteiger charge is -2.16. The Kier molecular flexibility index (Phi) is 6.40. The van der Waals surface area contributed by atoms with Crippen LogP contribution in [-0.2, 0) is 14.3 Å². The smallest absolute Gasteiger partial charge is 0.278 e. The summed E-state index contributed by atoms with van der Waals surface area (Å²) in [5, 5.41) is 3.76. The van der Waals surface area contributed by atoms with Crippen molar-refractivity contribution in [2.75, 3.05) is 18.5 Å². The third kappa shape index (κ3) is 4.86. The Bertz CT molecular complexity index is 944. The van der Waals surface area contributed by atoms with Crippen LogP contribution in [0.4, 0.5) is 5.69 Å². The summed E-state index contributed by atoms with van der Waals surface area (Å²) in [6, 6.07) is 12.9. The van der Waals surface area contributed by atoms with Crippen molar-refractivity contribution in [3.63, 3.8) is 0 Å². The van der Waals surface area contributed by atoms with Gasteiger partial charge in [-0.05, 0) is 68.7 Å². The first-order valence-corrected chi connectivity index (χ1v) is 9.97. The predicted octanol–water partition coefficient (Wildman–Crippen LogP) is 4.57. The van der Waals surface area contributed by atoms with E-state index in [-0.39, 0.29) is 30.2 Å². The molecule has 152 valence electrons. The standard InChI is InChI=1S/C23H25ClN2O3/c1-14(2)29-10-9-26-22(27)20(17-5-7-18(24)8-6-17)21(23(26)28)25-19-12-15(3)11-16(4)13-19/h5-8,11-14,25H,9-10H2,1-4H3. The first kappa shape index (κ1) is 21.1. The van der Waals surface area contributed by atoms with Gasteiger partial charge in [-0.15, -0.1) is 0 Å². The minimum Gasteiger partial charge on any atom is -0.377 e. The lowest BCUT2D eigenvalue weighted by Crippen LogP contribution is -2.35. The molecule has 2 amide bonds. The Hall–Kier alpha value is -2.63.